The van der Waals surface area contributed by atoms with Crippen molar-refractivity contribution in [3.63, 3.8) is 0 Å². The highest BCUT2D eigenvalue weighted by molar-refractivity contribution is 6.39. The van der Waals surface area contributed by atoms with Crippen LogP contribution in [0, 0.1) is 23.7 Å². The number of Topliss-reactive ketones (excluding diaryl/α,β-unsaturated/α-hetero) is 2. The zero-order valence-corrected chi connectivity index (χ0v) is 25.4. The second-order valence-corrected chi connectivity index (χ2v) is 11.7. The summed E-state index contributed by atoms with van der Waals surface area (Å²) in [4.78, 5) is 52.4. The summed E-state index contributed by atoms with van der Waals surface area (Å²) in [6, 6.07) is 3.19. The lowest BCUT2D eigenvalue weighted by Crippen LogP contribution is -2.35. The molecule has 9 nitrogen and oxygen atoms in total. The molecule has 1 aliphatic carbocycles. The van der Waals surface area contributed by atoms with Crippen LogP contribution >= 0.6 is 0 Å². The van der Waals surface area contributed by atoms with Crippen LogP contribution in [-0.4, -0.2) is 40.9 Å². The Morgan fingerprint density at radius 3 is 2.38 bits per heavy atom. The predicted octanol–water partition coefficient (Wildman–Crippen LogP) is 5.19. The monoisotopic (exact) mass is 578 g/mol. The first-order valence-electron chi connectivity index (χ1n) is 14.3. The summed E-state index contributed by atoms with van der Waals surface area (Å²) in [7, 11) is 0. The minimum Gasteiger partial charge on any atom is -0.464 e. The van der Waals surface area contributed by atoms with E-state index in [1.54, 1.807) is 44.2 Å². The van der Waals surface area contributed by atoms with Crippen LogP contribution in [0.2, 0.25) is 0 Å². The van der Waals surface area contributed by atoms with Gasteiger partial charge in [0, 0.05) is 28.6 Å². The van der Waals surface area contributed by atoms with E-state index in [4.69, 9.17) is 14.9 Å². The van der Waals surface area contributed by atoms with Crippen molar-refractivity contribution in [2.75, 3.05) is 0 Å². The van der Waals surface area contributed by atoms with Crippen molar-refractivity contribution in [3.8, 4) is 0 Å². The zero-order valence-electron chi connectivity index (χ0n) is 25.4. The van der Waals surface area contributed by atoms with E-state index in [2.05, 4.69) is 5.32 Å². The average Bonchev–Trinajstić information content (AvgIpc) is 3.45. The molecular weight excluding hydrogens is 536 g/mol. The van der Waals surface area contributed by atoms with Crippen molar-refractivity contribution in [1.82, 2.24) is 5.32 Å². The lowest BCUT2D eigenvalue weighted by Gasteiger charge is -2.28. The van der Waals surface area contributed by atoms with E-state index in [9.17, 15) is 24.3 Å². The maximum atomic E-state index is 13.9. The lowest BCUT2D eigenvalue weighted by atomic mass is 9.79. The quantitative estimate of drug-likeness (QED) is 0.323. The van der Waals surface area contributed by atoms with Crippen LogP contribution in [0.25, 0.3) is 5.57 Å². The van der Waals surface area contributed by atoms with Gasteiger partial charge in [0.25, 0.3) is 5.91 Å². The molecule has 0 saturated heterocycles. The molecule has 1 aliphatic heterocycles. The van der Waals surface area contributed by atoms with Crippen LogP contribution in [0.15, 0.2) is 75.1 Å². The minimum atomic E-state index is -0.913. The maximum Gasteiger partial charge on any atom is 0.405 e. The molecule has 2 amide bonds. The number of nitrogens with one attached hydrogen (secondary N) is 1. The highest BCUT2D eigenvalue weighted by atomic mass is 16.6. The number of primary amides is 1. The second kappa shape index (κ2) is 13.8. The number of rotatable bonds is 2. The Balaban J connectivity index is 2.11. The van der Waals surface area contributed by atoms with Gasteiger partial charge in [-0.15, -0.1) is 0 Å². The minimum absolute atomic E-state index is 0.0146. The summed E-state index contributed by atoms with van der Waals surface area (Å²) < 4.78 is 10.9. The van der Waals surface area contributed by atoms with E-state index >= 15 is 0 Å². The number of ether oxygens (including phenoxy) is 1. The molecular formula is C33H42N2O7. The van der Waals surface area contributed by atoms with Gasteiger partial charge >= 0.3 is 6.09 Å². The number of carbonyl (C=O) groups excluding carboxylic acids is 4. The number of carbonyl (C=O) groups is 4. The Bertz CT molecular complexity index is 1380. The highest BCUT2D eigenvalue weighted by Gasteiger charge is 2.36. The summed E-state index contributed by atoms with van der Waals surface area (Å²) in [5.74, 6) is -1.96. The third-order valence-electron chi connectivity index (χ3n) is 8.04. The Labute approximate surface area is 247 Å². The van der Waals surface area contributed by atoms with E-state index in [0.717, 1.165) is 5.57 Å². The number of aliphatic hydroxyl groups excluding tert-OH is 1. The molecule has 2 aliphatic rings. The number of fused-ring (bicyclic) bond motifs is 2. The molecule has 1 aromatic rings. The van der Waals surface area contributed by atoms with E-state index in [-0.39, 0.29) is 52.1 Å². The molecule has 226 valence electrons. The van der Waals surface area contributed by atoms with Crippen molar-refractivity contribution in [2.45, 2.75) is 73.5 Å². The van der Waals surface area contributed by atoms with Crippen LogP contribution in [0.4, 0.5) is 4.79 Å². The van der Waals surface area contributed by atoms with E-state index in [1.807, 2.05) is 40.7 Å². The fourth-order valence-corrected chi connectivity index (χ4v) is 5.73. The number of hydrogen-bond acceptors (Lipinski definition) is 7. The Morgan fingerprint density at radius 1 is 1.07 bits per heavy atom. The molecule has 6 atom stereocenters. The normalized spacial score (nSPS) is 32.0. The number of hydrogen-bond donors (Lipinski definition) is 3. The van der Waals surface area contributed by atoms with Crippen molar-refractivity contribution in [3.05, 3.63) is 76.4 Å². The van der Waals surface area contributed by atoms with E-state index < -0.39 is 30.0 Å². The first kappa shape index (κ1) is 32.5. The van der Waals surface area contributed by atoms with Gasteiger partial charge in [-0.3, -0.25) is 14.4 Å². The molecule has 3 rings (SSSR count). The number of ketones is 2. The summed E-state index contributed by atoms with van der Waals surface area (Å²) in [5.41, 5.74) is 6.93. The Hall–Kier alpha value is -3.98. The smallest absolute Gasteiger partial charge is 0.405 e. The standard InChI is InChI=1S/C33H42N2O7/c1-17-14-20(4)28(36)21(5)16-22(6)31(42-33(34)40)18(2)10-8-11-19(3)32(39)35-27-26(25-12-9-13-41-25)29(37)23(7)24(15-17)30(27)38/h8-13,16-18,20-21,28,31,36H,14-15H2,1-7H3,(H2,34,40)(H,35,39)/b10-8-,19-11+,22-16+/t17-,18-,20-,21-,28-,31+/m0/s1. The molecule has 9 heteroatoms. The number of amides is 2. The van der Waals surface area contributed by atoms with E-state index in [1.165, 1.54) is 6.26 Å². The highest BCUT2D eigenvalue weighted by Crippen LogP contribution is 2.35. The van der Waals surface area contributed by atoms with Gasteiger partial charge in [-0.05, 0) is 63.2 Å². The van der Waals surface area contributed by atoms with Crippen LogP contribution < -0.4 is 11.1 Å². The van der Waals surface area contributed by atoms with Crippen molar-refractivity contribution >= 4 is 29.1 Å². The molecule has 4 N–H and O–H groups in total. The van der Waals surface area contributed by atoms with Gasteiger partial charge in [-0.2, -0.15) is 0 Å². The number of nitrogens with two attached hydrogens (primary N) is 1. The summed E-state index contributed by atoms with van der Waals surface area (Å²) in [6.45, 7) is 12.7. The summed E-state index contributed by atoms with van der Waals surface area (Å²) in [5, 5.41) is 13.8. The topological polar surface area (TPSA) is 149 Å². The van der Waals surface area contributed by atoms with Gasteiger partial charge in [0.15, 0.2) is 5.78 Å². The molecule has 2 heterocycles. The zero-order chi connectivity index (χ0) is 31.3. The molecule has 0 unspecified atom stereocenters. The van der Waals surface area contributed by atoms with Gasteiger partial charge < -0.3 is 25.3 Å². The van der Waals surface area contributed by atoms with Gasteiger partial charge in [-0.1, -0.05) is 52.0 Å². The van der Waals surface area contributed by atoms with E-state index in [0.29, 0.717) is 24.0 Å². The fraction of sp³-hybridized carbons (Fsp3) is 0.455. The third-order valence-corrected chi connectivity index (χ3v) is 8.04. The number of allylic oxidation sites excluding steroid dienone is 5. The first-order valence-corrected chi connectivity index (χ1v) is 14.3. The maximum absolute atomic E-state index is 13.9. The summed E-state index contributed by atoms with van der Waals surface area (Å²) in [6.07, 6.45) is 6.86. The predicted molar refractivity (Wildman–Crippen MR) is 159 cm³/mol. The number of furan rings is 1. The average molecular weight is 579 g/mol. The third kappa shape index (κ3) is 7.45. The SMILES string of the molecule is CC1=C2C[C@@H](C)C[C@H](C)[C@H](O)[C@@H](C)/C=C(\C)[C@H](OC(N)=O)[C@@H](C)/C=C\C=C(/C)C(=O)NC(=C(c3ccco3)C1=O)C2=O. The largest absolute Gasteiger partial charge is 0.464 e. The second-order valence-electron chi connectivity index (χ2n) is 11.7. The van der Waals surface area contributed by atoms with Gasteiger partial charge in [0.2, 0.25) is 5.78 Å². The molecule has 0 spiro atoms. The van der Waals surface area contributed by atoms with Crippen molar-refractivity contribution < 1.29 is 33.4 Å². The molecule has 0 aromatic carbocycles. The first-order chi connectivity index (χ1) is 19.7. The van der Waals surface area contributed by atoms with Crippen LogP contribution in [-0.2, 0) is 19.1 Å². The molecule has 1 aromatic heterocycles. The van der Waals surface area contributed by atoms with Crippen molar-refractivity contribution in [2.24, 2.45) is 29.4 Å². The van der Waals surface area contributed by atoms with Gasteiger partial charge in [0.05, 0.1) is 17.9 Å². The molecule has 0 saturated carbocycles. The molecule has 2 bridgehead atoms. The van der Waals surface area contributed by atoms with Crippen LogP contribution in [0.3, 0.4) is 0 Å². The Kier molecular flexibility index (Phi) is 10.7. The fourth-order valence-electron chi connectivity index (χ4n) is 5.73. The molecule has 42 heavy (non-hydrogen) atoms. The molecule has 0 fully saturated rings. The number of aliphatic hydroxyl groups is 1. The van der Waals surface area contributed by atoms with Gasteiger partial charge in [0.1, 0.15) is 17.6 Å². The lowest BCUT2D eigenvalue weighted by molar-refractivity contribution is -0.120. The van der Waals surface area contributed by atoms with Gasteiger partial charge in [-0.25, -0.2) is 4.79 Å². The Morgan fingerprint density at radius 2 is 1.76 bits per heavy atom. The van der Waals surface area contributed by atoms with Crippen LogP contribution in [0.5, 0.6) is 0 Å². The molecule has 0 radical (unpaired) electrons. The van der Waals surface area contributed by atoms with Crippen molar-refractivity contribution in [1.29, 1.82) is 0 Å². The van der Waals surface area contributed by atoms with Crippen LogP contribution in [0.1, 0.15) is 67.1 Å². The summed E-state index contributed by atoms with van der Waals surface area (Å²) >= 11 is 0.